The molecule has 1 aliphatic rings. The fraction of sp³-hybridized carbons (Fsp3) is 0.522. The van der Waals surface area contributed by atoms with Gasteiger partial charge in [-0.05, 0) is 43.0 Å². The van der Waals surface area contributed by atoms with Crippen LogP contribution in [0.1, 0.15) is 57.4 Å². The number of hydrogen-bond acceptors (Lipinski definition) is 4. The first-order chi connectivity index (χ1) is 13.6. The second-order valence-corrected chi connectivity index (χ2v) is 9.00. The van der Waals surface area contributed by atoms with Gasteiger partial charge in [-0.2, -0.15) is 0 Å². The SMILES string of the molecule is CCCCC1=CC(OCCN)C(CCCC)(c2nc3cc(Cl)ccc3s2)C=C1. The summed E-state index contributed by atoms with van der Waals surface area (Å²) in [4.78, 5) is 5.01. The van der Waals surface area contributed by atoms with Gasteiger partial charge in [0.2, 0.25) is 0 Å². The van der Waals surface area contributed by atoms with E-state index < -0.39 is 0 Å². The number of allylic oxidation sites excluding steroid dienone is 2. The van der Waals surface area contributed by atoms with E-state index >= 15 is 0 Å². The molecule has 1 aromatic carbocycles. The topological polar surface area (TPSA) is 48.1 Å². The van der Waals surface area contributed by atoms with Gasteiger partial charge in [0.25, 0.3) is 0 Å². The third kappa shape index (κ3) is 4.68. The highest BCUT2D eigenvalue weighted by Gasteiger charge is 2.42. The zero-order valence-electron chi connectivity index (χ0n) is 16.9. The van der Waals surface area contributed by atoms with Gasteiger partial charge in [-0.3, -0.25) is 0 Å². The Morgan fingerprint density at radius 3 is 2.82 bits per heavy atom. The molecule has 3 nitrogen and oxygen atoms in total. The quantitative estimate of drug-likeness (QED) is 0.485. The summed E-state index contributed by atoms with van der Waals surface area (Å²) >= 11 is 7.96. The normalized spacial score (nSPS) is 22.0. The van der Waals surface area contributed by atoms with E-state index in [0.717, 1.165) is 41.2 Å². The van der Waals surface area contributed by atoms with E-state index in [2.05, 4.69) is 38.1 Å². The van der Waals surface area contributed by atoms with Gasteiger partial charge in [-0.15, -0.1) is 11.3 Å². The van der Waals surface area contributed by atoms with E-state index in [0.29, 0.717) is 13.2 Å². The predicted molar refractivity (Wildman–Crippen MR) is 121 cm³/mol. The van der Waals surface area contributed by atoms with Crippen LogP contribution in [-0.2, 0) is 10.2 Å². The fourth-order valence-electron chi connectivity index (χ4n) is 3.78. The van der Waals surface area contributed by atoms with Crippen molar-refractivity contribution in [1.82, 2.24) is 4.98 Å². The zero-order chi connectivity index (χ0) is 20.0. The number of benzene rings is 1. The number of ether oxygens (including phenoxy) is 1. The zero-order valence-corrected chi connectivity index (χ0v) is 18.5. The molecule has 2 aromatic rings. The molecule has 0 radical (unpaired) electrons. The van der Waals surface area contributed by atoms with Crippen LogP contribution in [-0.4, -0.2) is 24.2 Å². The Morgan fingerprint density at radius 2 is 2.07 bits per heavy atom. The minimum atomic E-state index is -0.239. The summed E-state index contributed by atoms with van der Waals surface area (Å²) in [6, 6.07) is 5.96. The second-order valence-electron chi connectivity index (χ2n) is 7.53. The average molecular weight is 419 g/mol. The van der Waals surface area contributed by atoms with Crippen LogP contribution >= 0.6 is 22.9 Å². The highest BCUT2D eigenvalue weighted by atomic mass is 35.5. The van der Waals surface area contributed by atoms with Crippen LogP contribution in [0, 0.1) is 0 Å². The maximum Gasteiger partial charge on any atom is 0.107 e. The molecule has 2 unspecified atom stereocenters. The number of thiazole rings is 1. The van der Waals surface area contributed by atoms with E-state index in [1.54, 1.807) is 11.3 Å². The summed E-state index contributed by atoms with van der Waals surface area (Å²) in [6.07, 6.45) is 13.7. The average Bonchev–Trinajstić information content (AvgIpc) is 3.13. The smallest absolute Gasteiger partial charge is 0.107 e. The van der Waals surface area contributed by atoms with Gasteiger partial charge in [-0.25, -0.2) is 4.98 Å². The van der Waals surface area contributed by atoms with E-state index in [9.17, 15) is 0 Å². The van der Waals surface area contributed by atoms with Crippen LogP contribution in [0.2, 0.25) is 5.02 Å². The first-order valence-electron chi connectivity index (χ1n) is 10.4. The standard InChI is InChI=1S/C23H31ClN2OS/c1-3-5-7-17-10-12-23(11-6-4-2,21(15-17)27-14-13-25)22-26-19-16-18(24)8-9-20(19)28-22/h8-10,12,15-16,21H,3-7,11,13-14,25H2,1-2H3. The maximum atomic E-state index is 6.32. The number of nitrogens with two attached hydrogens (primary N) is 1. The molecule has 0 fully saturated rings. The highest BCUT2D eigenvalue weighted by molar-refractivity contribution is 7.18. The van der Waals surface area contributed by atoms with Crippen LogP contribution in [0.3, 0.4) is 0 Å². The van der Waals surface area contributed by atoms with Crippen molar-refractivity contribution in [1.29, 1.82) is 0 Å². The lowest BCUT2D eigenvalue weighted by Crippen LogP contribution is -2.41. The molecule has 1 aromatic heterocycles. The van der Waals surface area contributed by atoms with Gasteiger partial charge in [0.1, 0.15) is 5.01 Å². The maximum absolute atomic E-state index is 6.32. The van der Waals surface area contributed by atoms with Crippen molar-refractivity contribution in [3.05, 3.63) is 52.0 Å². The summed E-state index contributed by atoms with van der Waals surface area (Å²) < 4.78 is 7.49. The van der Waals surface area contributed by atoms with E-state index in [1.807, 2.05) is 12.1 Å². The number of rotatable bonds is 10. The summed E-state index contributed by atoms with van der Waals surface area (Å²) in [6.45, 7) is 5.54. The Bertz CT molecular complexity index is 844. The van der Waals surface area contributed by atoms with Crippen LogP contribution in [0.5, 0.6) is 0 Å². The number of halogens is 1. The Labute approximate surface area is 177 Å². The van der Waals surface area contributed by atoms with Crippen LogP contribution in [0.15, 0.2) is 42.0 Å². The molecule has 1 aliphatic carbocycles. The Hall–Kier alpha value is -1.20. The highest BCUT2D eigenvalue weighted by Crippen LogP contribution is 2.44. The molecule has 0 saturated carbocycles. The van der Waals surface area contributed by atoms with E-state index in [-0.39, 0.29) is 11.5 Å². The van der Waals surface area contributed by atoms with E-state index in [1.165, 1.54) is 23.1 Å². The number of unbranched alkanes of at least 4 members (excludes halogenated alkanes) is 2. The predicted octanol–water partition coefficient (Wildman–Crippen LogP) is 6.41. The van der Waals surface area contributed by atoms with Gasteiger partial charge >= 0.3 is 0 Å². The van der Waals surface area contributed by atoms with Crippen molar-refractivity contribution in [2.45, 2.75) is 63.9 Å². The summed E-state index contributed by atoms with van der Waals surface area (Å²) in [5.41, 5.74) is 7.86. The molecule has 0 amide bonds. The van der Waals surface area contributed by atoms with Crippen LogP contribution < -0.4 is 5.73 Å². The summed E-state index contributed by atoms with van der Waals surface area (Å²) in [5.74, 6) is 0. The summed E-state index contributed by atoms with van der Waals surface area (Å²) in [7, 11) is 0. The van der Waals surface area contributed by atoms with Gasteiger partial charge in [-0.1, -0.05) is 62.9 Å². The summed E-state index contributed by atoms with van der Waals surface area (Å²) in [5, 5.41) is 1.84. The minimum Gasteiger partial charge on any atom is -0.371 e. The molecule has 0 aliphatic heterocycles. The molecule has 0 saturated heterocycles. The third-order valence-corrected chi connectivity index (χ3v) is 6.86. The van der Waals surface area contributed by atoms with Crippen molar-refractivity contribution in [2.75, 3.05) is 13.2 Å². The monoisotopic (exact) mass is 418 g/mol. The molecule has 152 valence electrons. The number of aromatic nitrogens is 1. The lowest BCUT2D eigenvalue weighted by atomic mass is 9.73. The van der Waals surface area contributed by atoms with Gasteiger partial charge in [0.15, 0.2) is 0 Å². The Balaban J connectivity index is 2.03. The first-order valence-corrected chi connectivity index (χ1v) is 11.6. The van der Waals surface area contributed by atoms with Crippen molar-refractivity contribution in [2.24, 2.45) is 5.73 Å². The largest absolute Gasteiger partial charge is 0.371 e. The van der Waals surface area contributed by atoms with Gasteiger partial charge in [0, 0.05) is 11.6 Å². The molecule has 1 heterocycles. The molecular weight excluding hydrogens is 388 g/mol. The molecule has 0 spiro atoms. The van der Waals surface area contributed by atoms with Crippen molar-refractivity contribution in [3.8, 4) is 0 Å². The third-order valence-electron chi connectivity index (χ3n) is 5.39. The molecule has 28 heavy (non-hydrogen) atoms. The molecular formula is C23H31ClN2OS. The van der Waals surface area contributed by atoms with Crippen LogP contribution in [0.4, 0.5) is 0 Å². The van der Waals surface area contributed by atoms with Gasteiger partial charge < -0.3 is 10.5 Å². The first kappa shape index (κ1) is 21.5. The lowest BCUT2D eigenvalue weighted by Gasteiger charge is -2.38. The van der Waals surface area contributed by atoms with Crippen molar-refractivity contribution < 1.29 is 4.74 Å². The minimum absolute atomic E-state index is 0.0320. The fourth-order valence-corrected chi connectivity index (χ4v) is 5.12. The Morgan fingerprint density at radius 1 is 1.25 bits per heavy atom. The number of fused-ring (bicyclic) bond motifs is 1. The molecule has 0 bridgehead atoms. The van der Waals surface area contributed by atoms with Gasteiger partial charge in [0.05, 0.1) is 28.3 Å². The molecule has 5 heteroatoms. The van der Waals surface area contributed by atoms with Crippen molar-refractivity contribution >= 4 is 33.2 Å². The van der Waals surface area contributed by atoms with Crippen molar-refractivity contribution in [3.63, 3.8) is 0 Å². The molecule has 2 N–H and O–H groups in total. The number of nitrogens with zero attached hydrogens (tertiary/aromatic N) is 1. The molecule has 2 atom stereocenters. The molecule has 3 rings (SSSR count). The van der Waals surface area contributed by atoms with Crippen LogP contribution in [0.25, 0.3) is 10.2 Å². The Kier molecular flexibility index (Phi) is 7.69. The lowest BCUT2D eigenvalue weighted by molar-refractivity contribution is 0.0425. The number of hydrogen-bond donors (Lipinski definition) is 1. The second kappa shape index (κ2) is 10.0. The van der Waals surface area contributed by atoms with E-state index in [4.69, 9.17) is 27.1 Å².